The largest absolute Gasteiger partial charge is 0.481 e. The molecule has 17 heavy (non-hydrogen) atoms. The van der Waals surface area contributed by atoms with E-state index in [0.29, 0.717) is 18.2 Å². The predicted octanol–water partition coefficient (Wildman–Crippen LogP) is 2.47. The van der Waals surface area contributed by atoms with Crippen LogP contribution in [-0.4, -0.2) is 25.2 Å². The second-order valence-electron chi connectivity index (χ2n) is 4.30. The molecular formula is C13H19N3O. The monoisotopic (exact) mass is 233 g/mol. The van der Waals surface area contributed by atoms with Gasteiger partial charge in [-0.1, -0.05) is 13.8 Å². The van der Waals surface area contributed by atoms with Crippen molar-refractivity contribution in [1.82, 2.24) is 4.98 Å². The van der Waals surface area contributed by atoms with E-state index in [9.17, 15) is 0 Å². The van der Waals surface area contributed by atoms with Gasteiger partial charge in [-0.2, -0.15) is 5.26 Å². The Morgan fingerprint density at radius 1 is 1.53 bits per heavy atom. The molecule has 0 saturated carbocycles. The van der Waals surface area contributed by atoms with Gasteiger partial charge >= 0.3 is 0 Å². The summed E-state index contributed by atoms with van der Waals surface area (Å²) in [7, 11) is 1.61. The number of nitriles is 1. The van der Waals surface area contributed by atoms with E-state index in [1.807, 2.05) is 12.1 Å². The molecule has 1 aromatic heterocycles. The molecule has 0 aliphatic heterocycles. The Kier molecular flexibility index (Phi) is 5.28. The van der Waals surface area contributed by atoms with Crippen LogP contribution in [0.25, 0.3) is 0 Å². The van der Waals surface area contributed by atoms with Gasteiger partial charge in [-0.05, 0) is 12.0 Å². The van der Waals surface area contributed by atoms with Crippen LogP contribution in [0, 0.1) is 17.2 Å². The maximum Gasteiger partial charge on any atom is 0.214 e. The van der Waals surface area contributed by atoms with Crippen molar-refractivity contribution in [3.63, 3.8) is 0 Å². The van der Waals surface area contributed by atoms with Crippen LogP contribution in [0.2, 0.25) is 0 Å². The Balaban J connectivity index is 2.83. The van der Waals surface area contributed by atoms with Crippen LogP contribution in [0.5, 0.6) is 5.88 Å². The normalized spacial score (nSPS) is 10.1. The zero-order valence-electron chi connectivity index (χ0n) is 10.7. The number of rotatable bonds is 6. The molecule has 0 bridgehead atoms. The summed E-state index contributed by atoms with van der Waals surface area (Å²) in [6, 6.07) is 6.03. The second kappa shape index (κ2) is 6.74. The third kappa shape index (κ3) is 4.31. The molecule has 92 valence electrons. The molecule has 1 heterocycles. The minimum atomic E-state index is 0.525. The Morgan fingerprint density at radius 2 is 2.29 bits per heavy atom. The molecule has 0 aliphatic rings. The van der Waals surface area contributed by atoms with Crippen molar-refractivity contribution in [2.75, 3.05) is 25.1 Å². The zero-order valence-corrected chi connectivity index (χ0v) is 10.7. The van der Waals surface area contributed by atoms with E-state index in [2.05, 4.69) is 29.8 Å². The van der Waals surface area contributed by atoms with Crippen LogP contribution < -0.4 is 9.64 Å². The van der Waals surface area contributed by atoms with Crippen molar-refractivity contribution < 1.29 is 4.74 Å². The molecule has 0 radical (unpaired) electrons. The zero-order chi connectivity index (χ0) is 12.7. The molecule has 1 aromatic rings. The number of pyridine rings is 1. The van der Waals surface area contributed by atoms with E-state index in [4.69, 9.17) is 10.00 Å². The van der Waals surface area contributed by atoms with Crippen molar-refractivity contribution >= 4 is 5.69 Å². The van der Waals surface area contributed by atoms with Crippen LogP contribution >= 0.6 is 0 Å². The van der Waals surface area contributed by atoms with Gasteiger partial charge in [-0.15, -0.1) is 0 Å². The van der Waals surface area contributed by atoms with Gasteiger partial charge in [0.05, 0.1) is 19.6 Å². The summed E-state index contributed by atoms with van der Waals surface area (Å²) in [5, 5.41) is 8.68. The lowest BCUT2D eigenvalue weighted by Crippen LogP contribution is -2.28. The smallest absolute Gasteiger partial charge is 0.214 e. The van der Waals surface area contributed by atoms with Crippen LogP contribution in [0.15, 0.2) is 18.3 Å². The van der Waals surface area contributed by atoms with Gasteiger partial charge in [0.15, 0.2) is 0 Å². The molecular weight excluding hydrogens is 214 g/mol. The number of anilines is 1. The van der Waals surface area contributed by atoms with Crippen molar-refractivity contribution in [2.24, 2.45) is 5.92 Å². The fourth-order valence-electron chi connectivity index (χ4n) is 1.66. The third-order valence-corrected chi connectivity index (χ3v) is 2.37. The van der Waals surface area contributed by atoms with Gasteiger partial charge in [0.2, 0.25) is 5.88 Å². The Labute approximate surface area is 103 Å². The standard InChI is InChI=1S/C13H19N3O/c1-11(2)10-16(8-4-6-14)12-5-7-15-13(9-12)17-3/h5,7,9,11H,4,8,10H2,1-3H3. The first-order chi connectivity index (χ1) is 8.17. The van der Waals surface area contributed by atoms with Gasteiger partial charge in [0, 0.05) is 31.0 Å². The third-order valence-electron chi connectivity index (χ3n) is 2.37. The van der Waals surface area contributed by atoms with E-state index >= 15 is 0 Å². The number of hydrogen-bond donors (Lipinski definition) is 0. The molecule has 0 aliphatic carbocycles. The summed E-state index contributed by atoms with van der Waals surface area (Å²) >= 11 is 0. The quantitative estimate of drug-likeness (QED) is 0.757. The summed E-state index contributed by atoms with van der Waals surface area (Å²) < 4.78 is 5.11. The highest BCUT2D eigenvalue weighted by molar-refractivity contribution is 5.48. The molecule has 0 N–H and O–H groups in total. The molecule has 0 fully saturated rings. The highest BCUT2D eigenvalue weighted by atomic mass is 16.5. The van der Waals surface area contributed by atoms with E-state index < -0.39 is 0 Å². The summed E-state index contributed by atoms with van der Waals surface area (Å²) in [5.41, 5.74) is 1.06. The lowest BCUT2D eigenvalue weighted by atomic mass is 10.2. The SMILES string of the molecule is COc1cc(N(CCC#N)CC(C)C)ccn1. The molecule has 4 heteroatoms. The minimum Gasteiger partial charge on any atom is -0.481 e. The number of nitrogens with zero attached hydrogens (tertiary/aromatic N) is 3. The fraction of sp³-hybridized carbons (Fsp3) is 0.538. The average molecular weight is 233 g/mol. The molecule has 0 aromatic carbocycles. The summed E-state index contributed by atoms with van der Waals surface area (Å²) in [4.78, 5) is 6.28. The predicted molar refractivity (Wildman–Crippen MR) is 68.1 cm³/mol. The maximum absolute atomic E-state index is 8.68. The lowest BCUT2D eigenvalue weighted by Gasteiger charge is -2.25. The van der Waals surface area contributed by atoms with Crippen LogP contribution in [0.3, 0.4) is 0 Å². The molecule has 0 unspecified atom stereocenters. The Bertz CT molecular complexity index is 384. The van der Waals surface area contributed by atoms with Gasteiger partial charge in [-0.3, -0.25) is 0 Å². The van der Waals surface area contributed by atoms with Crippen molar-refractivity contribution in [3.05, 3.63) is 18.3 Å². The summed E-state index contributed by atoms with van der Waals surface area (Å²) in [6.45, 7) is 5.99. The molecule has 4 nitrogen and oxygen atoms in total. The van der Waals surface area contributed by atoms with E-state index in [1.165, 1.54) is 0 Å². The average Bonchev–Trinajstić information content (AvgIpc) is 2.34. The minimum absolute atomic E-state index is 0.525. The Hall–Kier alpha value is -1.76. The van der Waals surface area contributed by atoms with E-state index in [1.54, 1.807) is 13.3 Å². The van der Waals surface area contributed by atoms with Gasteiger partial charge in [0.1, 0.15) is 0 Å². The molecule has 0 spiro atoms. The first-order valence-corrected chi connectivity index (χ1v) is 5.79. The van der Waals surface area contributed by atoms with Crippen LogP contribution in [0.1, 0.15) is 20.3 Å². The summed E-state index contributed by atoms with van der Waals surface area (Å²) in [5.74, 6) is 1.15. The maximum atomic E-state index is 8.68. The fourth-order valence-corrected chi connectivity index (χ4v) is 1.66. The van der Waals surface area contributed by atoms with Crippen molar-refractivity contribution in [2.45, 2.75) is 20.3 Å². The van der Waals surface area contributed by atoms with Crippen LogP contribution in [-0.2, 0) is 0 Å². The number of hydrogen-bond acceptors (Lipinski definition) is 4. The molecule has 0 atom stereocenters. The van der Waals surface area contributed by atoms with E-state index in [0.717, 1.165) is 18.8 Å². The highest BCUT2D eigenvalue weighted by Gasteiger charge is 2.09. The van der Waals surface area contributed by atoms with E-state index in [-0.39, 0.29) is 0 Å². The van der Waals surface area contributed by atoms with Gasteiger partial charge in [0.25, 0.3) is 0 Å². The van der Waals surface area contributed by atoms with Crippen molar-refractivity contribution in [1.29, 1.82) is 5.26 Å². The van der Waals surface area contributed by atoms with Gasteiger partial charge in [-0.25, -0.2) is 4.98 Å². The number of aromatic nitrogens is 1. The molecule has 0 saturated heterocycles. The highest BCUT2D eigenvalue weighted by Crippen LogP contribution is 2.19. The second-order valence-corrected chi connectivity index (χ2v) is 4.30. The topological polar surface area (TPSA) is 49.1 Å². The first kappa shape index (κ1) is 13.3. The molecule has 1 rings (SSSR count). The number of methoxy groups -OCH3 is 1. The van der Waals surface area contributed by atoms with Crippen LogP contribution in [0.4, 0.5) is 5.69 Å². The number of ether oxygens (including phenoxy) is 1. The molecule has 0 amide bonds. The Morgan fingerprint density at radius 3 is 2.88 bits per heavy atom. The first-order valence-electron chi connectivity index (χ1n) is 5.79. The lowest BCUT2D eigenvalue weighted by molar-refractivity contribution is 0.398. The van der Waals surface area contributed by atoms with Gasteiger partial charge < -0.3 is 9.64 Å². The van der Waals surface area contributed by atoms with Crippen molar-refractivity contribution in [3.8, 4) is 11.9 Å². The summed E-state index contributed by atoms with van der Waals surface area (Å²) in [6.07, 6.45) is 2.26.